The van der Waals surface area contributed by atoms with Gasteiger partial charge in [-0.25, -0.2) is 0 Å². The molecule has 1 N–H and O–H groups in total. The number of nitrogens with zero attached hydrogens (tertiary/aromatic N) is 1. The van der Waals surface area contributed by atoms with Crippen molar-refractivity contribution in [3.8, 4) is 0 Å². The largest absolute Gasteiger partial charge is 0.367 e. The van der Waals surface area contributed by atoms with Gasteiger partial charge in [0.25, 0.3) is 0 Å². The van der Waals surface area contributed by atoms with Gasteiger partial charge in [-0.05, 0) is 63.1 Å². The molecule has 4 heteroatoms. The van der Waals surface area contributed by atoms with Crippen molar-refractivity contribution in [3.05, 3.63) is 22.4 Å². The lowest BCUT2D eigenvalue weighted by atomic mass is 9.99. The van der Waals surface area contributed by atoms with Crippen LogP contribution in [0.1, 0.15) is 33.3 Å². The monoisotopic (exact) mass is 296 g/mol. The van der Waals surface area contributed by atoms with Gasteiger partial charge in [-0.1, -0.05) is 0 Å². The van der Waals surface area contributed by atoms with E-state index in [1.807, 2.05) is 0 Å². The van der Waals surface area contributed by atoms with Crippen molar-refractivity contribution in [2.45, 2.75) is 45.3 Å². The van der Waals surface area contributed by atoms with Crippen LogP contribution in [0.3, 0.4) is 0 Å². The normalized spacial score (nSPS) is 22.0. The average Bonchev–Trinajstić information content (AvgIpc) is 2.77. The third-order valence-corrected chi connectivity index (χ3v) is 4.27. The van der Waals surface area contributed by atoms with Crippen LogP contribution in [0.5, 0.6) is 0 Å². The van der Waals surface area contributed by atoms with E-state index in [0.29, 0.717) is 0 Å². The molecule has 1 aromatic rings. The quantitative estimate of drug-likeness (QED) is 0.817. The van der Waals surface area contributed by atoms with Crippen molar-refractivity contribution >= 4 is 11.3 Å². The Balaban J connectivity index is 1.66. The molecule has 0 spiro atoms. The van der Waals surface area contributed by atoms with Crippen molar-refractivity contribution in [2.75, 3.05) is 32.7 Å². The number of hydrogen-bond acceptors (Lipinski definition) is 4. The molecule has 1 saturated heterocycles. The van der Waals surface area contributed by atoms with Crippen molar-refractivity contribution in [2.24, 2.45) is 0 Å². The summed E-state index contributed by atoms with van der Waals surface area (Å²) >= 11 is 1.78. The van der Waals surface area contributed by atoms with E-state index < -0.39 is 0 Å². The summed E-state index contributed by atoms with van der Waals surface area (Å²) in [6.45, 7) is 14.0. The number of ether oxygens (including phenoxy) is 1. The fourth-order valence-corrected chi connectivity index (χ4v) is 3.84. The third kappa shape index (κ3) is 5.17. The topological polar surface area (TPSA) is 24.5 Å². The van der Waals surface area contributed by atoms with E-state index in [2.05, 4.69) is 54.7 Å². The van der Waals surface area contributed by atoms with Gasteiger partial charge in [-0.2, -0.15) is 11.3 Å². The van der Waals surface area contributed by atoms with Crippen LogP contribution < -0.4 is 5.32 Å². The zero-order valence-electron chi connectivity index (χ0n) is 13.2. The van der Waals surface area contributed by atoms with Gasteiger partial charge >= 0.3 is 0 Å². The van der Waals surface area contributed by atoms with Crippen LogP contribution >= 0.6 is 11.3 Å². The second-order valence-electron chi connectivity index (χ2n) is 6.96. The molecule has 0 bridgehead atoms. The minimum atomic E-state index is -0.0432. The lowest BCUT2D eigenvalue weighted by Crippen LogP contribution is -2.58. The van der Waals surface area contributed by atoms with E-state index in [-0.39, 0.29) is 11.2 Å². The summed E-state index contributed by atoms with van der Waals surface area (Å²) in [6, 6.07) is 2.21. The van der Waals surface area contributed by atoms with Gasteiger partial charge in [0.2, 0.25) is 0 Å². The Morgan fingerprint density at radius 1 is 1.20 bits per heavy atom. The third-order valence-electron chi connectivity index (χ3n) is 3.54. The Morgan fingerprint density at radius 2 is 1.90 bits per heavy atom. The Morgan fingerprint density at radius 3 is 2.50 bits per heavy atom. The highest BCUT2D eigenvalue weighted by Crippen LogP contribution is 2.27. The number of thiophene rings is 1. The Hall–Kier alpha value is -0.420. The van der Waals surface area contributed by atoms with E-state index in [1.54, 1.807) is 11.3 Å². The maximum atomic E-state index is 6.11. The zero-order chi connectivity index (χ0) is 14.6. The van der Waals surface area contributed by atoms with Gasteiger partial charge in [-0.15, -0.1) is 0 Å². The molecule has 0 unspecified atom stereocenters. The van der Waals surface area contributed by atoms with Gasteiger partial charge in [0.1, 0.15) is 0 Å². The highest BCUT2D eigenvalue weighted by molar-refractivity contribution is 7.07. The van der Waals surface area contributed by atoms with Crippen molar-refractivity contribution in [3.63, 3.8) is 0 Å². The van der Waals surface area contributed by atoms with Crippen LogP contribution in [0.2, 0.25) is 0 Å². The summed E-state index contributed by atoms with van der Waals surface area (Å²) in [5.41, 5.74) is 1.35. The summed E-state index contributed by atoms with van der Waals surface area (Å²) in [6.07, 6.45) is 1.13. The van der Waals surface area contributed by atoms with Crippen molar-refractivity contribution in [1.29, 1.82) is 0 Å². The smallest absolute Gasteiger partial charge is 0.0760 e. The second-order valence-corrected chi connectivity index (χ2v) is 7.74. The molecule has 0 aromatic carbocycles. The Bertz CT molecular complexity index is 385. The second kappa shape index (κ2) is 6.56. The molecular formula is C16H28N2OS. The lowest BCUT2D eigenvalue weighted by Gasteiger charge is -2.47. The van der Waals surface area contributed by atoms with Crippen LogP contribution in [0.15, 0.2) is 16.8 Å². The lowest BCUT2D eigenvalue weighted by molar-refractivity contribution is -0.180. The fourth-order valence-electron chi connectivity index (χ4n) is 3.13. The molecule has 0 amide bonds. The van der Waals surface area contributed by atoms with Crippen LogP contribution in [-0.4, -0.2) is 48.8 Å². The van der Waals surface area contributed by atoms with Crippen LogP contribution in [0, 0.1) is 0 Å². The van der Waals surface area contributed by atoms with Crippen LogP contribution in [0.25, 0.3) is 0 Å². The maximum Gasteiger partial charge on any atom is 0.0760 e. The van der Waals surface area contributed by atoms with Crippen LogP contribution in [-0.2, 0) is 11.2 Å². The first kappa shape index (κ1) is 16.0. The minimum Gasteiger partial charge on any atom is -0.367 e. The minimum absolute atomic E-state index is 0.0432. The van der Waals surface area contributed by atoms with Crippen molar-refractivity contribution in [1.82, 2.24) is 10.2 Å². The number of hydrogen-bond donors (Lipinski definition) is 1. The van der Waals surface area contributed by atoms with E-state index in [9.17, 15) is 0 Å². The molecule has 2 heterocycles. The predicted octanol–water partition coefficient (Wildman–Crippen LogP) is 2.77. The van der Waals surface area contributed by atoms with E-state index >= 15 is 0 Å². The summed E-state index contributed by atoms with van der Waals surface area (Å²) in [5, 5.41) is 7.92. The first-order chi connectivity index (χ1) is 9.36. The van der Waals surface area contributed by atoms with Gasteiger partial charge in [0, 0.05) is 26.2 Å². The molecule has 1 aliphatic rings. The standard InChI is InChI=1S/C16H28N2OS/c1-15(2)12-18(13-16(3,4)19-15)9-8-17-7-5-14-6-10-20-11-14/h6,10-11,17H,5,7-9,12-13H2,1-4H3. The van der Waals surface area contributed by atoms with E-state index in [4.69, 9.17) is 4.74 Å². The van der Waals surface area contributed by atoms with Gasteiger partial charge in [0.15, 0.2) is 0 Å². The fraction of sp³-hybridized carbons (Fsp3) is 0.750. The molecule has 0 atom stereocenters. The molecule has 1 aliphatic heterocycles. The summed E-state index contributed by atoms with van der Waals surface area (Å²) in [4.78, 5) is 2.51. The van der Waals surface area contributed by atoms with E-state index in [0.717, 1.165) is 39.1 Å². The molecular weight excluding hydrogens is 268 g/mol. The number of nitrogens with one attached hydrogen (secondary N) is 1. The van der Waals surface area contributed by atoms with Gasteiger partial charge < -0.3 is 10.1 Å². The summed E-state index contributed by atoms with van der Waals surface area (Å²) in [7, 11) is 0. The Labute approximate surface area is 127 Å². The maximum absolute atomic E-state index is 6.11. The summed E-state index contributed by atoms with van der Waals surface area (Å²) in [5.74, 6) is 0. The van der Waals surface area contributed by atoms with Gasteiger partial charge in [-0.3, -0.25) is 4.90 Å². The molecule has 20 heavy (non-hydrogen) atoms. The highest BCUT2D eigenvalue weighted by atomic mass is 32.1. The zero-order valence-corrected chi connectivity index (χ0v) is 14.1. The molecule has 0 radical (unpaired) electrons. The molecule has 114 valence electrons. The number of morpholine rings is 1. The van der Waals surface area contributed by atoms with Crippen molar-refractivity contribution < 1.29 is 4.74 Å². The first-order valence-electron chi connectivity index (χ1n) is 7.51. The average molecular weight is 296 g/mol. The van der Waals surface area contributed by atoms with Gasteiger partial charge in [0.05, 0.1) is 11.2 Å². The summed E-state index contributed by atoms with van der Waals surface area (Å²) < 4.78 is 6.11. The highest BCUT2D eigenvalue weighted by Gasteiger charge is 2.37. The molecule has 2 rings (SSSR count). The molecule has 0 aliphatic carbocycles. The van der Waals surface area contributed by atoms with E-state index in [1.165, 1.54) is 5.56 Å². The molecule has 1 fully saturated rings. The predicted molar refractivity (Wildman–Crippen MR) is 86.6 cm³/mol. The number of rotatable bonds is 6. The SMILES string of the molecule is CC1(C)CN(CCNCCc2ccsc2)CC(C)(C)O1. The Kier molecular flexibility index (Phi) is 5.24. The molecule has 0 saturated carbocycles. The molecule has 1 aromatic heterocycles. The molecule has 3 nitrogen and oxygen atoms in total. The first-order valence-corrected chi connectivity index (χ1v) is 8.45. The van der Waals surface area contributed by atoms with Crippen LogP contribution in [0.4, 0.5) is 0 Å².